The molecule has 2 aromatic rings. The number of aryl methyl sites for hydroxylation is 1. The van der Waals surface area contributed by atoms with Gasteiger partial charge in [-0.3, -0.25) is 0 Å². The van der Waals surface area contributed by atoms with Crippen LogP contribution in [0.1, 0.15) is 11.1 Å². The van der Waals surface area contributed by atoms with Crippen molar-refractivity contribution in [2.24, 2.45) is 5.10 Å². The van der Waals surface area contributed by atoms with E-state index >= 15 is 0 Å². The molecule has 0 aliphatic heterocycles. The maximum Gasteiger partial charge on any atom is 0.276 e. The Morgan fingerprint density at radius 3 is 2.55 bits per heavy atom. The SMILES string of the molecule is Cc1ccc(S(=O)(=O)N/N=C/c2cc(Cl)cc(Br)c2O)cc1. The van der Waals surface area contributed by atoms with Gasteiger partial charge in [0.05, 0.1) is 15.6 Å². The Morgan fingerprint density at radius 1 is 1.27 bits per heavy atom. The molecule has 0 heterocycles. The average molecular weight is 404 g/mol. The van der Waals surface area contributed by atoms with E-state index in [0.29, 0.717) is 9.50 Å². The maximum absolute atomic E-state index is 12.0. The predicted molar refractivity (Wildman–Crippen MR) is 89.9 cm³/mol. The van der Waals surface area contributed by atoms with Crippen LogP contribution in [-0.4, -0.2) is 19.7 Å². The molecule has 0 spiro atoms. The van der Waals surface area contributed by atoms with E-state index in [9.17, 15) is 13.5 Å². The van der Waals surface area contributed by atoms with Crippen LogP contribution in [0.3, 0.4) is 0 Å². The van der Waals surface area contributed by atoms with E-state index in [-0.39, 0.29) is 16.2 Å². The molecule has 2 aromatic carbocycles. The largest absolute Gasteiger partial charge is 0.506 e. The summed E-state index contributed by atoms with van der Waals surface area (Å²) in [5.74, 6) is -0.0808. The number of benzene rings is 2. The molecule has 0 atom stereocenters. The summed E-state index contributed by atoms with van der Waals surface area (Å²) >= 11 is 9.00. The zero-order valence-corrected chi connectivity index (χ0v) is 14.6. The first-order valence-electron chi connectivity index (χ1n) is 6.09. The lowest BCUT2D eigenvalue weighted by Crippen LogP contribution is -2.18. The van der Waals surface area contributed by atoms with E-state index < -0.39 is 10.0 Å². The number of halogens is 2. The van der Waals surface area contributed by atoms with Gasteiger partial charge in [-0.1, -0.05) is 29.3 Å². The summed E-state index contributed by atoms with van der Waals surface area (Å²) < 4.78 is 24.5. The van der Waals surface area contributed by atoms with Crippen LogP contribution in [0.15, 0.2) is 50.9 Å². The highest BCUT2D eigenvalue weighted by Gasteiger charge is 2.12. The molecule has 0 saturated heterocycles. The molecular formula is C14H12BrClN2O3S. The van der Waals surface area contributed by atoms with Crippen LogP contribution in [-0.2, 0) is 10.0 Å². The summed E-state index contributed by atoms with van der Waals surface area (Å²) in [7, 11) is -3.75. The fourth-order valence-electron chi connectivity index (χ4n) is 1.62. The van der Waals surface area contributed by atoms with Crippen molar-refractivity contribution in [2.45, 2.75) is 11.8 Å². The summed E-state index contributed by atoms with van der Waals surface area (Å²) in [5, 5.41) is 13.9. The van der Waals surface area contributed by atoms with Gasteiger partial charge in [0.15, 0.2) is 0 Å². The number of rotatable bonds is 4. The number of nitrogens with one attached hydrogen (secondary N) is 1. The first-order chi connectivity index (χ1) is 10.3. The number of aromatic hydroxyl groups is 1. The van der Waals surface area contributed by atoms with Gasteiger partial charge >= 0.3 is 0 Å². The van der Waals surface area contributed by atoms with Crippen molar-refractivity contribution in [1.82, 2.24) is 4.83 Å². The Balaban J connectivity index is 2.20. The van der Waals surface area contributed by atoms with Crippen LogP contribution in [0, 0.1) is 6.92 Å². The molecule has 0 aromatic heterocycles. The molecule has 0 amide bonds. The molecule has 5 nitrogen and oxygen atoms in total. The zero-order valence-electron chi connectivity index (χ0n) is 11.4. The van der Waals surface area contributed by atoms with Crippen molar-refractivity contribution in [3.8, 4) is 5.75 Å². The highest BCUT2D eigenvalue weighted by atomic mass is 79.9. The molecule has 0 aliphatic rings. The van der Waals surface area contributed by atoms with E-state index in [0.717, 1.165) is 5.56 Å². The molecular weight excluding hydrogens is 392 g/mol. The van der Waals surface area contributed by atoms with Crippen molar-refractivity contribution in [1.29, 1.82) is 0 Å². The standard InChI is InChI=1S/C14H12BrClN2O3S/c1-9-2-4-12(5-3-9)22(20,21)18-17-8-10-6-11(16)7-13(15)14(10)19/h2-8,18-19H,1H3/b17-8+. The minimum atomic E-state index is -3.75. The molecule has 0 bridgehead atoms. The minimum Gasteiger partial charge on any atom is -0.506 e. The van der Waals surface area contributed by atoms with Crippen LogP contribution in [0.2, 0.25) is 5.02 Å². The second kappa shape index (κ2) is 6.68. The highest BCUT2D eigenvalue weighted by molar-refractivity contribution is 9.10. The van der Waals surface area contributed by atoms with Crippen LogP contribution in [0.4, 0.5) is 0 Å². The molecule has 0 fully saturated rings. The van der Waals surface area contributed by atoms with Crippen molar-refractivity contribution < 1.29 is 13.5 Å². The Hall–Kier alpha value is -1.57. The first kappa shape index (κ1) is 16.8. The molecule has 116 valence electrons. The van der Waals surface area contributed by atoms with Gasteiger partial charge in [-0.2, -0.15) is 13.5 Å². The third-order valence-corrected chi connectivity index (χ3v) is 4.83. The summed E-state index contributed by atoms with van der Waals surface area (Å²) in [6.45, 7) is 1.86. The van der Waals surface area contributed by atoms with Gasteiger partial charge in [0, 0.05) is 10.6 Å². The third-order valence-electron chi connectivity index (χ3n) is 2.77. The lowest BCUT2D eigenvalue weighted by atomic mass is 10.2. The zero-order chi connectivity index (χ0) is 16.3. The minimum absolute atomic E-state index is 0.0808. The van der Waals surface area contributed by atoms with E-state index in [1.165, 1.54) is 30.5 Å². The van der Waals surface area contributed by atoms with Gasteiger partial charge in [-0.15, -0.1) is 0 Å². The summed E-state index contributed by atoms with van der Waals surface area (Å²) in [5.41, 5.74) is 1.24. The fourth-order valence-corrected chi connectivity index (χ4v) is 3.24. The smallest absolute Gasteiger partial charge is 0.276 e. The molecule has 2 rings (SSSR count). The summed E-state index contributed by atoms with van der Waals surface area (Å²) in [6.07, 6.45) is 1.18. The molecule has 0 unspecified atom stereocenters. The molecule has 0 saturated carbocycles. The van der Waals surface area contributed by atoms with Gasteiger partial charge in [0.2, 0.25) is 0 Å². The van der Waals surface area contributed by atoms with E-state index in [1.807, 2.05) is 6.92 Å². The molecule has 0 radical (unpaired) electrons. The van der Waals surface area contributed by atoms with Gasteiger partial charge in [-0.25, -0.2) is 4.83 Å². The second-order valence-electron chi connectivity index (χ2n) is 4.49. The lowest BCUT2D eigenvalue weighted by molar-refractivity contribution is 0.471. The highest BCUT2D eigenvalue weighted by Crippen LogP contribution is 2.30. The van der Waals surface area contributed by atoms with Crippen LogP contribution >= 0.6 is 27.5 Å². The summed E-state index contributed by atoms with van der Waals surface area (Å²) in [6, 6.07) is 9.34. The molecule has 22 heavy (non-hydrogen) atoms. The molecule has 0 aliphatic carbocycles. The third kappa shape index (κ3) is 4.00. The lowest BCUT2D eigenvalue weighted by Gasteiger charge is -2.05. The number of hydrazone groups is 1. The van der Waals surface area contributed by atoms with E-state index in [2.05, 4.69) is 25.9 Å². The first-order valence-corrected chi connectivity index (χ1v) is 8.74. The number of hydrogen-bond donors (Lipinski definition) is 2. The number of sulfonamides is 1. The van der Waals surface area contributed by atoms with Gasteiger partial charge < -0.3 is 5.11 Å². The number of hydrogen-bond acceptors (Lipinski definition) is 4. The Morgan fingerprint density at radius 2 is 1.91 bits per heavy atom. The topological polar surface area (TPSA) is 78.8 Å². The fraction of sp³-hybridized carbons (Fsp3) is 0.0714. The summed E-state index contributed by atoms with van der Waals surface area (Å²) in [4.78, 5) is 2.19. The number of phenols is 1. The van der Waals surface area contributed by atoms with E-state index in [4.69, 9.17) is 11.6 Å². The van der Waals surface area contributed by atoms with Crippen LogP contribution < -0.4 is 4.83 Å². The maximum atomic E-state index is 12.0. The Labute approximate surface area is 141 Å². The van der Waals surface area contributed by atoms with Crippen LogP contribution in [0.5, 0.6) is 5.75 Å². The van der Waals surface area contributed by atoms with Gasteiger partial charge in [0.1, 0.15) is 5.75 Å². The number of phenolic OH excluding ortho intramolecular Hbond substituents is 1. The molecule has 8 heteroatoms. The quantitative estimate of drug-likeness (QED) is 0.606. The Kier molecular flexibility index (Phi) is 5.10. The van der Waals surface area contributed by atoms with Crippen molar-refractivity contribution >= 4 is 43.8 Å². The van der Waals surface area contributed by atoms with Crippen molar-refractivity contribution in [2.75, 3.05) is 0 Å². The monoisotopic (exact) mass is 402 g/mol. The normalized spacial score (nSPS) is 11.8. The van der Waals surface area contributed by atoms with Gasteiger partial charge in [-0.05, 0) is 47.1 Å². The number of nitrogens with zero attached hydrogens (tertiary/aromatic N) is 1. The van der Waals surface area contributed by atoms with Crippen molar-refractivity contribution in [3.05, 3.63) is 57.0 Å². The van der Waals surface area contributed by atoms with Crippen LogP contribution in [0.25, 0.3) is 0 Å². The van der Waals surface area contributed by atoms with E-state index in [1.54, 1.807) is 12.1 Å². The second-order valence-corrected chi connectivity index (χ2v) is 7.44. The predicted octanol–water partition coefficient (Wildman–Crippen LogP) is 3.43. The van der Waals surface area contributed by atoms with Crippen molar-refractivity contribution in [3.63, 3.8) is 0 Å². The van der Waals surface area contributed by atoms with Gasteiger partial charge in [0.25, 0.3) is 10.0 Å². The Bertz CT molecular complexity index is 821. The average Bonchev–Trinajstić information content (AvgIpc) is 2.44. The molecule has 2 N–H and O–H groups in total.